The number of esters is 1. The molecule has 3 aliphatic heterocycles. The highest BCUT2D eigenvalue weighted by Crippen LogP contribution is 2.41. The lowest BCUT2D eigenvalue weighted by molar-refractivity contribution is -0.319. The third-order valence-electron chi connectivity index (χ3n) is 14.0. The maximum Gasteiger partial charge on any atom is 0.311 e. The molecule has 1 aromatic heterocycles. The van der Waals surface area contributed by atoms with Crippen LogP contribution in [0, 0.1) is 23.7 Å². The van der Waals surface area contributed by atoms with Crippen molar-refractivity contribution in [3.8, 4) is 11.4 Å². The standard InChI is InChI=1S/C47H79N5O13/c1-27-20-47(8,59-14)43(65-45-40(54)37(50(9)10)18-29(3)61-45)30(4)41(64-38-21-46(7,58-13)42(55)32(6)62-38)31(5)44(56)63-36(24-51(11)22-28(2)39(27)53)26-60-25-33-23-52(49-48-33)34-16-15-17-35(19-34)57-12/h15-17,19,23,27-32,36-43,45,53-55H,18,20-22,24-26H2,1-14H3/t27-,28-,29-,30+,31-,32+,36-,37+,38+,39+,40-,41+,42+,43-,45+,46-,47-/m1/s1. The Bertz CT molecular complexity index is 1790. The van der Waals surface area contributed by atoms with Crippen LogP contribution in [0.5, 0.6) is 5.75 Å². The number of aliphatic hydroxyl groups is 3. The second-order valence-electron chi connectivity index (χ2n) is 19.6. The average molecular weight is 922 g/mol. The Labute approximate surface area is 386 Å². The molecule has 0 bridgehead atoms. The summed E-state index contributed by atoms with van der Waals surface area (Å²) in [5.41, 5.74) is -0.781. The average Bonchev–Trinajstić information content (AvgIpc) is 3.75. The predicted molar refractivity (Wildman–Crippen MR) is 240 cm³/mol. The molecule has 1 aromatic carbocycles. The number of carbonyl (C=O) groups is 1. The zero-order valence-corrected chi connectivity index (χ0v) is 41.2. The van der Waals surface area contributed by atoms with Crippen molar-refractivity contribution >= 4 is 5.97 Å². The van der Waals surface area contributed by atoms with Crippen LogP contribution in [-0.4, -0.2) is 187 Å². The van der Waals surface area contributed by atoms with Crippen molar-refractivity contribution in [3.63, 3.8) is 0 Å². The Morgan fingerprint density at radius 2 is 1.62 bits per heavy atom. The largest absolute Gasteiger partial charge is 0.497 e. The quantitative estimate of drug-likeness (QED) is 0.247. The van der Waals surface area contributed by atoms with Crippen LogP contribution in [0.2, 0.25) is 0 Å². The molecule has 0 spiro atoms. The van der Waals surface area contributed by atoms with E-state index in [0.29, 0.717) is 37.4 Å². The van der Waals surface area contributed by atoms with Crippen LogP contribution in [0.4, 0.5) is 0 Å². The molecule has 17 atom stereocenters. The number of cyclic esters (lactones) is 1. The van der Waals surface area contributed by atoms with Crippen molar-refractivity contribution in [3.05, 3.63) is 36.2 Å². The van der Waals surface area contributed by atoms with E-state index in [-0.39, 0.29) is 43.6 Å². The number of aliphatic hydroxyl groups excluding tert-OH is 3. The Balaban J connectivity index is 1.50. The SMILES string of the molecule is COc1cccc(-n2cc(COC[C@H]3CN(C)C[C@@H](C)[C@@H](O)[C@H](C)C[C@@](C)(OC)[C@H](O[C@@H]4O[C@H](C)C[C@H](N(C)C)[C@H]4O)[C@@H](C)[C@H](O[C@H]4C[C@@](C)(OC)[C@@H](O)[C@H](C)O4)[C@@H](C)C(=O)O3)nn2)c1. The van der Waals surface area contributed by atoms with Crippen molar-refractivity contribution in [1.82, 2.24) is 24.8 Å². The molecule has 18 heteroatoms. The summed E-state index contributed by atoms with van der Waals surface area (Å²) in [5.74, 6) is -1.93. The van der Waals surface area contributed by atoms with Crippen LogP contribution in [0.15, 0.2) is 30.5 Å². The van der Waals surface area contributed by atoms with Gasteiger partial charge in [0.25, 0.3) is 0 Å². The van der Waals surface area contributed by atoms with Gasteiger partial charge in [-0.3, -0.25) is 4.79 Å². The Hall–Kier alpha value is -2.85. The van der Waals surface area contributed by atoms with Crippen LogP contribution >= 0.6 is 0 Å². The number of hydrogen-bond donors (Lipinski definition) is 3. The van der Waals surface area contributed by atoms with Crippen molar-refractivity contribution in [1.29, 1.82) is 0 Å². The Morgan fingerprint density at radius 1 is 0.908 bits per heavy atom. The van der Waals surface area contributed by atoms with E-state index >= 15 is 0 Å². The van der Waals surface area contributed by atoms with Gasteiger partial charge in [0, 0.05) is 51.8 Å². The third-order valence-corrected chi connectivity index (χ3v) is 14.0. The lowest BCUT2D eigenvalue weighted by Crippen LogP contribution is -2.61. The molecule has 0 unspecified atom stereocenters. The van der Waals surface area contributed by atoms with Crippen LogP contribution in [0.1, 0.15) is 80.3 Å². The van der Waals surface area contributed by atoms with Crippen LogP contribution in [0.25, 0.3) is 5.69 Å². The van der Waals surface area contributed by atoms with Gasteiger partial charge in [-0.2, -0.15) is 0 Å². The minimum absolute atomic E-state index is 0.0339. The highest BCUT2D eigenvalue weighted by Gasteiger charge is 2.52. The van der Waals surface area contributed by atoms with Crippen molar-refractivity contribution in [2.24, 2.45) is 23.7 Å². The van der Waals surface area contributed by atoms with Gasteiger partial charge in [-0.25, -0.2) is 4.68 Å². The van der Waals surface area contributed by atoms with Crippen molar-refractivity contribution in [2.75, 3.05) is 62.2 Å². The minimum Gasteiger partial charge on any atom is -0.497 e. The molecule has 0 amide bonds. The lowest BCUT2D eigenvalue weighted by Gasteiger charge is -2.49. The van der Waals surface area contributed by atoms with E-state index in [2.05, 4.69) is 10.3 Å². The first kappa shape index (κ1) is 53.1. The third kappa shape index (κ3) is 13.0. The fourth-order valence-electron chi connectivity index (χ4n) is 9.99. The first-order chi connectivity index (χ1) is 30.6. The smallest absolute Gasteiger partial charge is 0.311 e. The van der Waals surface area contributed by atoms with Crippen molar-refractivity contribution in [2.45, 2.75) is 160 Å². The number of ether oxygens (including phenoxy) is 9. The number of hydrogen-bond acceptors (Lipinski definition) is 17. The summed E-state index contributed by atoms with van der Waals surface area (Å²) >= 11 is 0. The molecular weight excluding hydrogens is 843 g/mol. The number of rotatable bonds is 13. The van der Waals surface area contributed by atoms with E-state index in [9.17, 15) is 20.1 Å². The molecule has 0 saturated carbocycles. The van der Waals surface area contributed by atoms with Crippen LogP contribution in [0.3, 0.4) is 0 Å². The van der Waals surface area contributed by atoms with Gasteiger partial charge in [-0.15, -0.1) is 5.10 Å². The molecule has 3 fully saturated rings. The lowest BCUT2D eigenvalue weighted by atomic mass is 9.75. The number of nitrogens with zero attached hydrogens (tertiary/aromatic N) is 5. The molecule has 370 valence electrons. The molecule has 65 heavy (non-hydrogen) atoms. The molecule has 3 saturated heterocycles. The number of likely N-dealkylation sites (N-methyl/N-ethyl adjacent to an activating group) is 2. The molecule has 0 radical (unpaired) electrons. The first-order valence-corrected chi connectivity index (χ1v) is 23.1. The van der Waals surface area contributed by atoms with Gasteiger partial charge < -0.3 is 67.8 Å². The summed E-state index contributed by atoms with van der Waals surface area (Å²) in [6, 6.07) is 7.20. The summed E-state index contributed by atoms with van der Waals surface area (Å²) in [6.45, 7) is 16.0. The maximum absolute atomic E-state index is 14.7. The molecular formula is C47H79N5O13. The summed E-state index contributed by atoms with van der Waals surface area (Å²) in [5, 5.41) is 43.4. The van der Waals surface area contributed by atoms with E-state index in [1.54, 1.807) is 45.9 Å². The van der Waals surface area contributed by atoms with E-state index in [1.807, 2.05) is 89.8 Å². The molecule has 2 aromatic rings. The minimum atomic E-state index is -1.11. The summed E-state index contributed by atoms with van der Waals surface area (Å²) < 4.78 is 58.4. The first-order valence-electron chi connectivity index (χ1n) is 23.1. The molecule has 4 heterocycles. The molecule has 0 aliphatic carbocycles. The van der Waals surface area contributed by atoms with Gasteiger partial charge in [-0.05, 0) is 92.6 Å². The fourth-order valence-corrected chi connectivity index (χ4v) is 9.99. The highest BCUT2D eigenvalue weighted by molar-refractivity contribution is 5.73. The normalized spacial score (nSPS) is 39.7. The second kappa shape index (κ2) is 23.0. The molecule has 5 rings (SSSR count). The molecule has 3 aliphatic rings. The maximum atomic E-state index is 14.7. The van der Waals surface area contributed by atoms with Gasteiger partial charge in [0.15, 0.2) is 12.6 Å². The zero-order chi connectivity index (χ0) is 48.0. The van der Waals surface area contributed by atoms with E-state index in [4.69, 9.17) is 42.6 Å². The van der Waals surface area contributed by atoms with Gasteiger partial charge >= 0.3 is 5.97 Å². The second-order valence-corrected chi connectivity index (χ2v) is 19.6. The topological polar surface area (TPSA) is 198 Å². The van der Waals surface area contributed by atoms with E-state index in [0.717, 1.165) is 5.69 Å². The van der Waals surface area contributed by atoms with Gasteiger partial charge in [-0.1, -0.05) is 32.1 Å². The van der Waals surface area contributed by atoms with E-state index < -0.39 is 84.3 Å². The van der Waals surface area contributed by atoms with Crippen LogP contribution < -0.4 is 4.74 Å². The number of aromatic nitrogens is 3. The summed E-state index contributed by atoms with van der Waals surface area (Å²) in [4.78, 5) is 18.7. The zero-order valence-electron chi connectivity index (χ0n) is 41.2. The van der Waals surface area contributed by atoms with Gasteiger partial charge in [0.05, 0.1) is 79.8 Å². The Kier molecular flexibility index (Phi) is 18.8. The molecule has 18 nitrogen and oxygen atoms in total. The monoisotopic (exact) mass is 922 g/mol. The number of methoxy groups -OCH3 is 3. The van der Waals surface area contributed by atoms with Crippen LogP contribution in [-0.2, 0) is 49.3 Å². The fraction of sp³-hybridized carbons (Fsp3) is 0.809. The van der Waals surface area contributed by atoms with E-state index in [1.165, 1.54) is 7.11 Å². The van der Waals surface area contributed by atoms with Gasteiger partial charge in [0.1, 0.15) is 29.8 Å². The highest BCUT2D eigenvalue weighted by atomic mass is 16.7. The van der Waals surface area contributed by atoms with Crippen molar-refractivity contribution < 1.29 is 62.7 Å². The summed E-state index contributed by atoms with van der Waals surface area (Å²) in [6.07, 6.45) is -5.31. The molecule has 3 N–H and O–H groups in total. The number of carbonyl (C=O) groups excluding carboxylic acids is 1. The Morgan fingerprint density at radius 3 is 2.28 bits per heavy atom. The summed E-state index contributed by atoms with van der Waals surface area (Å²) in [7, 11) is 10.5. The number of benzene rings is 1. The predicted octanol–water partition coefficient (Wildman–Crippen LogP) is 3.45. The van der Waals surface area contributed by atoms with Gasteiger partial charge in [0.2, 0.25) is 0 Å².